The molecule has 1 aromatic heterocycles. The molecule has 0 amide bonds. The van der Waals surface area contributed by atoms with E-state index >= 15 is 0 Å². The molecule has 0 N–H and O–H groups in total. The highest BCUT2D eigenvalue weighted by molar-refractivity contribution is 7.13. The van der Waals surface area contributed by atoms with Gasteiger partial charge in [-0.3, -0.25) is 4.79 Å². The third-order valence-electron chi connectivity index (χ3n) is 2.90. The quantitative estimate of drug-likeness (QED) is 0.768. The molecule has 6 heteroatoms. The number of carbonyl (C=O) groups excluding carboxylic acids is 1. The lowest BCUT2D eigenvalue weighted by Crippen LogP contribution is -2.11. The first kappa shape index (κ1) is 15.3. The number of benzene rings is 1. The minimum Gasteiger partial charge on any atom is -0.495 e. The van der Waals surface area contributed by atoms with Crippen LogP contribution in [0.4, 0.5) is 10.8 Å². The Labute approximate surface area is 128 Å². The summed E-state index contributed by atoms with van der Waals surface area (Å²) in [7, 11) is 3.56. The standard InChI is InChI=1S/C15H18N2O3S/c1-4-20-14(18)9-11-10-21-15(16-11)17(2)12-7-5-6-8-13(12)19-3/h5-8,10H,4,9H2,1-3H3. The van der Waals surface area contributed by atoms with Gasteiger partial charge in [0.2, 0.25) is 0 Å². The van der Waals surface area contributed by atoms with Gasteiger partial charge in [0.05, 0.1) is 31.5 Å². The summed E-state index contributed by atoms with van der Waals surface area (Å²) in [5, 5.41) is 2.68. The van der Waals surface area contributed by atoms with Crippen LogP contribution in [0.3, 0.4) is 0 Å². The molecule has 0 bridgehead atoms. The molecule has 1 heterocycles. The molecule has 21 heavy (non-hydrogen) atoms. The SMILES string of the molecule is CCOC(=O)Cc1csc(N(C)c2ccccc2OC)n1. The van der Waals surface area contributed by atoms with Crippen molar-refractivity contribution in [1.82, 2.24) is 4.98 Å². The van der Waals surface area contributed by atoms with Crippen molar-refractivity contribution in [3.63, 3.8) is 0 Å². The third-order valence-corrected chi connectivity index (χ3v) is 3.87. The Morgan fingerprint density at radius 3 is 2.86 bits per heavy atom. The summed E-state index contributed by atoms with van der Waals surface area (Å²) < 4.78 is 10.3. The second-order valence-corrected chi connectivity index (χ2v) is 5.17. The molecule has 112 valence electrons. The van der Waals surface area contributed by atoms with Crippen LogP contribution in [-0.4, -0.2) is 31.7 Å². The van der Waals surface area contributed by atoms with Gasteiger partial charge >= 0.3 is 5.97 Å². The van der Waals surface area contributed by atoms with Gasteiger partial charge in [0, 0.05) is 12.4 Å². The van der Waals surface area contributed by atoms with Crippen molar-refractivity contribution in [2.75, 3.05) is 25.7 Å². The number of ether oxygens (including phenoxy) is 2. The number of thiazole rings is 1. The van der Waals surface area contributed by atoms with Crippen LogP contribution in [0.15, 0.2) is 29.6 Å². The van der Waals surface area contributed by atoms with Crippen LogP contribution in [0.2, 0.25) is 0 Å². The number of nitrogens with zero attached hydrogens (tertiary/aromatic N) is 2. The molecule has 0 saturated heterocycles. The second kappa shape index (κ2) is 7.08. The van der Waals surface area contributed by atoms with Crippen LogP contribution in [0.5, 0.6) is 5.75 Å². The van der Waals surface area contributed by atoms with E-state index in [2.05, 4.69) is 4.98 Å². The highest BCUT2D eigenvalue weighted by atomic mass is 32.1. The average Bonchev–Trinajstić information content (AvgIpc) is 2.95. The number of rotatable bonds is 6. The largest absolute Gasteiger partial charge is 0.495 e. The third kappa shape index (κ3) is 3.72. The highest BCUT2D eigenvalue weighted by Crippen LogP contribution is 2.33. The first-order valence-electron chi connectivity index (χ1n) is 6.62. The van der Waals surface area contributed by atoms with Crippen molar-refractivity contribution < 1.29 is 14.3 Å². The molecule has 0 atom stereocenters. The molecule has 5 nitrogen and oxygen atoms in total. The molecule has 0 saturated carbocycles. The first-order chi connectivity index (χ1) is 10.2. The normalized spacial score (nSPS) is 10.2. The van der Waals surface area contributed by atoms with E-state index in [1.165, 1.54) is 11.3 Å². The van der Waals surface area contributed by atoms with E-state index in [-0.39, 0.29) is 12.4 Å². The zero-order valence-electron chi connectivity index (χ0n) is 12.3. The summed E-state index contributed by atoms with van der Waals surface area (Å²) in [5.74, 6) is 0.524. The Hall–Kier alpha value is -2.08. The van der Waals surface area contributed by atoms with Gasteiger partial charge in [0.1, 0.15) is 5.75 Å². The van der Waals surface area contributed by atoms with E-state index in [4.69, 9.17) is 9.47 Å². The molecule has 0 aliphatic rings. The Balaban J connectivity index is 2.15. The Morgan fingerprint density at radius 2 is 2.14 bits per heavy atom. The maximum absolute atomic E-state index is 11.5. The molecule has 0 unspecified atom stereocenters. The van der Waals surface area contributed by atoms with Crippen molar-refractivity contribution in [2.45, 2.75) is 13.3 Å². The van der Waals surface area contributed by atoms with Crippen LogP contribution in [-0.2, 0) is 16.0 Å². The van der Waals surface area contributed by atoms with Crippen molar-refractivity contribution in [2.24, 2.45) is 0 Å². The van der Waals surface area contributed by atoms with E-state index in [1.807, 2.05) is 41.6 Å². The molecule has 0 aliphatic heterocycles. The van der Waals surface area contributed by atoms with E-state index in [1.54, 1.807) is 14.0 Å². The Morgan fingerprint density at radius 1 is 1.38 bits per heavy atom. The number of anilines is 2. The van der Waals surface area contributed by atoms with E-state index in [0.717, 1.165) is 22.3 Å². The van der Waals surface area contributed by atoms with Gasteiger partial charge < -0.3 is 14.4 Å². The molecule has 0 aliphatic carbocycles. The Bertz CT molecular complexity index is 612. The highest BCUT2D eigenvalue weighted by Gasteiger charge is 2.14. The summed E-state index contributed by atoms with van der Waals surface area (Å²) in [6, 6.07) is 7.73. The van der Waals surface area contributed by atoms with Gasteiger partial charge in [-0.25, -0.2) is 4.98 Å². The summed E-state index contributed by atoms with van der Waals surface area (Å²) in [6.07, 6.45) is 0.199. The topological polar surface area (TPSA) is 51.7 Å². The van der Waals surface area contributed by atoms with Gasteiger partial charge in [-0.15, -0.1) is 11.3 Å². The zero-order valence-corrected chi connectivity index (χ0v) is 13.1. The van der Waals surface area contributed by atoms with Gasteiger partial charge in [-0.1, -0.05) is 12.1 Å². The van der Waals surface area contributed by atoms with Crippen LogP contribution < -0.4 is 9.64 Å². The lowest BCUT2D eigenvalue weighted by Gasteiger charge is -2.18. The van der Waals surface area contributed by atoms with Crippen molar-refractivity contribution >= 4 is 28.1 Å². The maximum atomic E-state index is 11.5. The first-order valence-corrected chi connectivity index (χ1v) is 7.50. The molecular formula is C15H18N2O3S. The summed E-state index contributed by atoms with van der Waals surface area (Å²) in [4.78, 5) is 17.9. The van der Waals surface area contributed by atoms with Gasteiger partial charge in [0.25, 0.3) is 0 Å². The summed E-state index contributed by atoms with van der Waals surface area (Å²) in [6.45, 7) is 2.18. The molecular weight excluding hydrogens is 288 g/mol. The molecule has 2 aromatic rings. The number of carbonyl (C=O) groups is 1. The summed E-state index contributed by atoms with van der Waals surface area (Å²) in [5.41, 5.74) is 1.65. The predicted molar refractivity (Wildman–Crippen MR) is 83.5 cm³/mol. The van der Waals surface area contributed by atoms with Crippen molar-refractivity contribution in [1.29, 1.82) is 0 Å². The fourth-order valence-corrected chi connectivity index (χ4v) is 2.71. The zero-order chi connectivity index (χ0) is 15.2. The lowest BCUT2D eigenvalue weighted by atomic mass is 10.3. The maximum Gasteiger partial charge on any atom is 0.311 e. The van der Waals surface area contributed by atoms with Crippen LogP contribution in [0, 0.1) is 0 Å². The number of methoxy groups -OCH3 is 1. The molecule has 0 radical (unpaired) electrons. The van der Waals surface area contributed by atoms with Crippen molar-refractivity contribution in [3.8, 4) is 5.75 Å². The average molecular weight is 306 g/mol. The number of esters is 1. The van der Waals surface area contributed by atoms with E-state index in [9.17, 15) is 4.79 Å². The van der Waals surface area contributed by atoms with Crippen LogP contribution in [0.25, 0.3) is 0 Å². The fourth-order valence-electron chi connectivity index (χ4n) is 1.90. The minimum absolute atomic E-state index is 0.199. The summed E-state index contributed by atoms with van der Waals surface area (Å²) >= 11 is 1.48. The fraction of sp³-hybridized carbons (Fsp3) is 0.333. The van der Waals surface area contributed by atoms with Gasteiger partial charge in [-0.05, 0) is 19.1 Å². The molecule has 1 aromatic carbocycles. The number of aromatic nitrogens is 1. The number of para-hydroxylation sites is 2. The molecule has 0 fully saturated rings. The van der Waals surface area contributed by atoms with Crippen LogP contribution in [0.1, 0.15) is 12.6 Å². The van der Waals surface area contributed by atoms with E-state index < -0.39 is 0 Å². The molecule has 0 spiro atoms. The predicted octanol–water partition coefficient (Wildman–Crippen LogP) is 3.03. The smallest absolute Gasteiger partial charge is 0.311 e. The monoisotopic (exact) mass is 306 g/mol. The Kier molecular flexibility index (Phi) is 5.16. The lowest BCUT2D eigenvalue weighted by molar-refractivity contribution is -0.142. The van der Waals surface area contributed by atoms with Gasteiger partial charge in [-0.2, -0.15) is 0 Å². The number of hydrogen-bond acceptors (Lipinski definition) is 6. The van der Waals surface area contributed by atoms with E-state index in [0.29, 0.717) is 6.61 Å². The molecule has 2 rings (SSSR count). The minimum atomic E-state index is -0.255. The van der Waals surface area contributed by atoms with Gasteiger partial charge in [0.15, 0.2) is 5.13 Å². The van der Waals surface area contributed by atoms with Crippen molar-refractivity contribution in [3.05, 3.63) is 35.3 Å². The second-order valence-electron chi connectivity index (χ2n) is 4.33. The number of hydrogen-bond donors (Lipinski definition) is 0. The van der Waals surface area contributed by atoms with Crippen LogP contribution >= 0.6 is 11.3 Å².